The van der Waals surface area contributed by atoms with E-state index in [0.29, 0.717) is 31.8 Å². The lowest BCUT2D eigenvalue weighted by Crippen LogP contribution is -2.39. The molecule has 0 N–H and O–H groups in total. The number of methoxy groups -OCH3 is 1. The van der Waals surface area contributed by atoms with Crippen molar-refractivity contribution in [1.82, 2.24) is 4.90 Å². The third-order valence-electron chi connectivity index (χ3n) is 2.56. The molecule has 0 aliphatic carbocycles. The smallest absolute Gasteiger partial charge is 0.225 e. The van der Waals surface area contributed by atoms with Crippen LogP contribution >= 0.6 is 0 Å². The molecule has 0 radical (unpaired) electrons. The van der Waals surface area contributed by atoms with Gasteiger partial charge in [-0.1, -0.05) is 13.8 Å². The van der Waals surface area contributed by atoms with Gasteiger partial charge >= 0.3 is 0 Å². The van der Waals surface area contributed by atoms with Crippen LogP contribution in [0, 0.1) is 17.2 Å². The summed E-state index contributed by atoms with van der Waals surface area (Å²) < 4.78 is 5.26. The Morgan fingerprint density at radius 3 is 2.47 bits per heavy atom. The van der Waals surface area contributed by atoms with Crippen molar-refractivity contribution in [3.8, 4) is 6.07 Å². The molecule has 0 atom stereocenters. The van der Waals surface area contributed by atoms with Crippen molar-refractivity contribution in [1.29, 1.82) is 5.26 Å². The molecule has 0 heterocycles. The zero-order valence-corrected chi connectivity index (χ0v) is 11.6. The van der Waals surface area contributed by atoms with Gasteiger partial charge in [-0.2, -0.15) is 5.26 Å². The largest absolute Gasteiger partial charge is 0.378 e. The molecule has 0 bridgehead atoms. The number of amides is 1. The van der Waals surface area contributed by atoms with Crippen LogP contribution in [0.15, 0.2) is 0 Å². The van der Waals surface area contributed by atoms with Gasteiger partial charge in [0.25, 0.3) is 0 Å². The van der Waals surface area contributed by atoms with Gasteiger partial charge in [0.05, 0.1) is 24.5 Å². The van der Waals surface area contributed by atoms with E-state index in [1.807, 2.05) is 13.8 Å². The van der Waals surface area contributed by atoms with E-state index in [-0.39, 0.29) is 5.91 Å². The zero-order chi connectivity index (χ0) is 13.5. The van der Waals surface area contributed by atoms with Crippen LogP contribution in [-0.4, -0.2) is 36.6 Å². The first-order valence-electron chi connectivity index (χ1n) is 6.02. The van der Waals surface area contributed by atoms with Gasteiger partial charge < -0.3 is 9.64 Å². The molecule has 1 amide bonds. The van der Waals surface area contributed by atoms with Crippen LogP contribution in [0.1, 0.15) is 40.5 Å². The van der Waals surface area contributed by atoms with Gasteiger partial charge in [-0.15, -0.1) is 0 Å². The number of nitrogens with zero attached hydrogens (tertiary/aromatic N) is 2. The normalized spacial score (nSPS) is 11.4. The molecule has 0 aromatic carbocycles. The summed E-state index contributed by atoms with van der Waals surface area (Å²) in [7, 11) is 1.61. The number of ether oxygens (including phenoxy) is 1. The Balaban J connectivity index is 4.47. The van der Waals surface area contributed by atoms with Gasteiger partial charge in [0, 0.05) is 20.2 Å². The van der Waals surface area contributed by atoms with E-state index in [1.54, 1.807) is 12.0 Å². The van der Waals surface area contributed by atoms with E-state index in [1.165, 1.54) is 0 Å². The number of carbonyl (C=O) groups is 1. The topological polar surface area (TPSA) is 53.3 Å². The average molecular weight is 240 g/mol. The van der Waals surface area contributed by atoms with Crippen molar-refractivity contribution in [2.24, 2.45) is 5.92 Å². The van der Waals surface area contributed by atoms with Crippen LogP contribution in [0.25, 0.3) is 0 Å². The van der Waals surface area contributed by atoms with Gasteiger partial charge in [0.2, 0.25) is 5.91 Å². The molecule has 0 aromatic rings. The molecule has 0 aliphatic heterocycles. The summed E-state index contributed by atoms with van der Waals surface area (Å²) in [4.78, 5) is 13.9. The molecular formula is C13H24N2O2. The first kappa shape index (κ1) is 15.9. The standard InChI is InChI=1S/C13H24N2O2/c1-11(2)10-15(8-6-7-14)12(16)9-13(3,4)17-5/h11H,6,8-10H2,1-5H3. The summed E-state index contributed by atoms with van der Waals surface area (Å²) in [5, 5.41) is 8.60. The highest BCUT2D eigenvalue weighted by molar-refractivity contribution is 5.77. The van der Waals surface area contributed by atoms with E-state index in [9.17, 15) is 4.79 Å². The first-order chi connectivity index (χ1) is 7.82. The van der Waals surface area contributed by atoms with Crippen molar-refractivity contribution in [3.05, 3.63) is 0 Å². The summed E-state index contributed by atoms with van der Waals surface area (Å²) in [5.41, 5.74) is -0.445. The SMILES string of the molecule is COC(C)(C)CC(=O)N(CCC#N)CC(C)C. The van der Waals surface area contributed by atoms with Gasteiger partial charge in [-0.3, -0.25) is 4.79 Å². The molecule has 0 aliphatic rings. The zero-order valence-electron chi connectivity index (χ0n) is 11.6. The molecule has 4 nitrogen and oxygen atoms in total. The van der Waals surface area contributed by atoms with Crippen LogP contribution in [0.5, 0.6) is 0 Å². The van der Waals surface area contributed by atoms with Crippen LogP contribution in [0.3, 0.4) is 0 Å². The highest BCUT2D eigenvalue weighted by Gasteiger charge is 2.24. The highest BCUT2D eigenvalue weighted by Crippen LogP contribution is 2.15. The Bertz CT molecular complexity index is 280. The maximum atomic E-state index is 12.1. The molecular weight excluding hydrogens is 216 g/mol. The summed E-state index contributed by atoms with van der Waals surface area (Å²) in [6.45, 7) is 9.11. The third-order valence-corrected chi connectivity index (χ3v) is 2.56. The molecule has 4 heteroatoms. The number of carbonyl (C=O) groups excluding carboxylic acids is 1. The predicted molar refractivity (Wildman–Crippen MR) is 67.4 cm³/mol. The molecule has 0 saturated heterocycles. The number of nitriles is 1. The fourth-order valence-corrected chi connectivity index (χ4v) is 1.49. The minimum atomic E-state index is -0.445. The maximum absolute atomic E-state index is 12.1. The summed E-state index contributed by atoms with van der Waals surface area (Å²) in [5.74, 6) is 0.462. The Hall–Kier alpha value is -1.08. The Kier molecular flexibility index (Phi) is 6.82. The third kappa shape index (κ3) is 6.96. The molecule has 0 spiro atoms. The van der Waals surface area contributed by atoms with Crippen LogP contribution in [0.4, 0.5) is 0 Å². The number of hydrogen-bond donors (Lipinski definition) is 0. The Morgan fingerprint density at radius 1 is 1.47 bits per heavy atom. The van der Waals surface area contributed by atoms with Gasteiger partial charge in [0.1, 0.15) is 0 Å². The van der Waals surface area contributed by atoms with Gasteiger partial charge in [-0.05, 0) is 19.8 Å². The van der Waals surface area contributed by atoms with Crippen molar-refractivity contribution < 1.29 is 9.53 Å². The summed E-state index contributed by atoms with van der Waals surface area (Å²) in [6.07, 6.45) is 0.730. The highest BCUT2D eigenvalue weighted by atomic mass is 16.5. The lowest BCUT2D eigenvalue weighted by molar-refractivity contribution is -0.137. The average Bonchev–Trinajstić information content (AvgIpc) is 2.23. The molecule has 0 rings (SSSR count). The predicted octanol–water partition coefficient (Wildman–Crippen LogP) is 2.20. The van der Waals surface area contributed by atoms with E-state index >= 15 is 0 Å². The second-order valence-electron chi connectivity index (χ2n) is 5.28. The monoisotopic (exact) mass is 240 g/mol. The van der Waals surface area contributed by atoms with Crippen molar-refractivity contribution in [2.45, 2.75) is 46.1 Å². The maximum Gasteiger partial charge on any atom is 0.225 e. The Morgan fingerprint density at radius 2 is 2.06 bits per heavy atom. The summed E-state index contributed by atoms with van der Waals surface area (Å²) >= 11 is 0. The van der Waals surface area contributed by atoms with E-state index < -0.39 is 5.60 Å². The minimum Gasteiger partial charge on any atom is -0.378 e. The number of rotatable bonds is 7. The van der Waals surface area contributed by atoms with Crippen molar-refractivity contribution >= 4 is 5.91 Å². The first-order valence-corrected chi connectivity index (χ1v) is 6.02. The molecule has 0 aromatic heterocycles. The lowest BCUT2D eigenvalue weighted by atomic mass is 10.0. The lowest BCUT2D eigenvalue weighted by Gasteiger charge is -2.28. The van der Waals surface area contributed by atoms with Gasteiger partial charge in [0.15, 0.2) is 0 Å². The fourth-order valence-electron chi connectivity index (χ4n) is 1.49. The fraction of sp³-hybridized carbons (Fsp3) is 0.846. The van der Waals surface area contributed by atoms with Crippen LogP contribution in [0.2, 0.25) is 0 Å². The molecule has 98 valence electrons. The quantitative estimate of drug-likeness (QED) is 0.685. The number of hydrogen-bond acceptors (Lipinski definition) is 3. The molecule has 0 saturated carbocycles. The molecule has 17 heavy (non-hydrogen) atoms. The van der Waals surface area contributed by atoms with E-state index in [0.717, 1.165) is 0 Å². The second-order valence-corrected chi connectivity index (χ2v) is 5.28. The van der Waals surface area contributed by atoms with Crippen molar-refractivity contribution in [3.63, 3.8) is 0 Å². The van der Waals surface area contributed by atoms with Gasteiger partial charge in [-0.25, -0.2) is 0 Å². The van der Waals surface area contributed by atoms with Crippen LogP contribution in [-0.2, 0) is 9.53 Å². The summed E-state index contributed by atoms with van der Waals surface area (Å²) in [6, 6.07) is 2.08. The molecule has 0 unspecified atom stereocenters. The van der Waals surface area contributed by atoms with E-state index in [2.05, 4.69) is 19.9 Å². The van der Waals surface area contributed by atoms with E-state index in [4.69, 9.17) is 10.00 Å². The van der Waals surface area contributed by atoms with Crippen LogP contribution < -0.4 is 0 Å². The second kappa shape index (κ2) is 7.29. The Labute approximate surface area is 105 Å². The minimum absolute atomic E-state index is 0.0563. The molecule has 0 fully saturated rings. The van der Waals surface area contributed by atoms with Crippen molar-refractivity contribution in [2.75, 3.05) is 20.2 Å².